The van der Waals surface area contributed by atoms with Crippen LogP contribution < -0.4 is 11.1 Å². The van der Waals surface area contributed by atoms with Gasteiger partial charge in [0.25, 0.3) is 0 Å². The van der Waals surface area contributed by atoms with Crippen molar-refractivity contribution < 1.29 is 0 Å². The molecule has 0 spiro atoms. The number of pyridine rings is 1. The molecule has 0 aliphatic carbocycles. The number of nitrogens with two attached hydrogens (primary N) is 1. The smallest absolute Gasteiger partial charge is 0.0750 e. The molecule has 0 bridgehead atoms. The van der Waals surface area contributed by atoms with E-state index in [9.17, 15) is 0 Å². The average molecular weight is 299 g/mol. The highest BCUT2D eigenvalue weighted by Crippen LogP contribution is 2.27. The van der Waals surface area contributed by atoms with Gasteiger partial charge in [0.2, 0.25) is 0 Å². The maximum atomic E-state index is 5.90. The molecular weight excluding hydrogens is 280 g/mol. The zero-order chi connectivity index (χ0) is 12.3. The lowest BCUT2D eigenvalue weighted by Gasteiger charge is -2.24. The topological polar surface area (TPSA) is 54.2 Å². The Bertz CT molecular complexity index is 363. The van der Waals surface area contributed by atoms with Gasteiger partial charge < -0.3 is 11.1 Å². The molecule has 1 unspecified atom stereocenters. The minimum absolute atomic E-state index is 0.625. The van der Waals surface area contributed by atoms with Crippen molar-refractivity contribution in [2.45, 2.75) is 25.8 Å². The third-order valence-corrected chi connectivity index (χ3v) is 3.95. The number of nitrogen functional groups attached to an aromatic ring is 1. The van der Waals surface area contributed by atoms with E-state index in [0.717, 1.165) is 23.2 Å². The van der Waals surface area contributed by atoms with Gasteiger partial charge in [0, 0.05) is 18.8 Å². The van der Waals surface area contributed by atoms with Crippen molar-refractivity contribution in [3.63, 3.8) is 0 Å². The van der Waals surface area contributed by atoms with Gasteiger partial charge in [-0.1, -0.05) is 6.92 Å². The Labute approximate surface area is 111 Å². The molecule has 0 radical (unpaired) electrons. The van der Waals surface area contributed by atoms with E-state index in [-0.39, 0.29) is 0 Å². The van der Waals surface area contributed by atoms with Gasteiger partial charge in [0.05, 0.1) is 22.0 Å². The highest BCUT2D eigenvalue weighted by Gasteiger charge is 2.22. The Morgan fingerprint density at radius 1 is 1.59 bits per heavy atom. The summed E-state index contributed by atoms with van der Waals surface area (Å²) in [7, 11) is 0. The predicted molar refractivity (Wildman–Crippen MR) is 75.1 cm³/mol. The van der Waals surface area contributed by atoms with E-state index >= 15 is 0 Å². The molecule has 94 valence electrons. The van der Waals surface area contributed by atoms with Gasteiger partial charge in [-0.05, 0) is 41.9 Å². The van der Waals surface area contributed by atoms with Crippen molar-refractivity contribution in [3.8, 4) is 0 Å². The number of aromatic nitrogens is 1. The summed E-state index contributed by atoms with van der Waals surface area (Å²) in [6, 6.07) is 0.625. The fourth-order valence-electron chi connectivity index (χ4n) is 2.40. The molecule has 1 fully saturated rings. The highest BCUT2D eigenvalue weighted by atomic mass is 79.9. The number of likely N-dealkylation sites (N-methyl/N-ethyl adjacent to an activating group) is 1. The van der Waals surface area contributed by atoms with Crippen molar-refractivity contribution in [1.82, 2.24) is 9.88 Å². The van der Waals surface area contributed by atoms with Gasteiger partial charge in [0.1, 0.15) is 0 Å². The number of hydrogen-bond donors (Lipinski definition) is 2. The SMILES string of the molecule is CCN1CCCC1CNc1c(N)cncc1Br. The standard InChI is InChI=1S/C12H19BrN4/c1-2-17-5-3-4-9(17)6-16-12-10(13)7-15-8-11(12)14/h7-9H,2-6,14H2,1H3,(H,15,16). The van der Waals surface area contributed by atoms with Crippen LogP contribution in [0.25, 0.3) is 0 Å². The molecule has 0 saturated carbocycles. The van der Waals surface area contributed by atoms with E-state index in [0.29, 0.717) is 11.7 Å². The molecule has 1 atom stereocenters. The van der Waals surface area contributed by atoms with Crippen molar-refractivity contribution >= 4 is 27.3 Å². The molecular formula is C12H19BrN4. The number of halogens is 1. The highest BCUT2D eigenvalue weighted by molar-refractivity contribution is 9.10. The van der Waals surface area contributed by atoms with E-state index < -0.39 is 0 Å². The van der Waals surface area contributed by atoms with E-state index in [1.807, 2.05) is 0 Å². The Hall–Kier alpha value is -0.810. The largest absolute Gasteiger partial charge is 0.396 e. The van der Waals surface area contributed by atoms with Gasteiger partial charge in [-0.2, -0.15) is 0 Å². The summed E-state index contributed by atoms with van der Waals surface area (Å²) >= 11 is 3.47. The minimum atomic E-state index is 0.625. The first-order valence-corrected chi connectivity index (χ1v) is 6.88. The summed E-state index contributed by atoms with van der Waals surface area (Å²) in [6.07, 6.45) is 6.01. The maximum absolute atomic E-state index is 5.90. The summed E-state index contributed by atoms with van der Waals surface area (Å²) in [5, 5.41) is 3.43. The molecule has 0 amide bonds. The van der Waals surface area contributed by atoms with E-state index in [2.05, 4.69) is 38.1 Å². The van der Waals surface area contributed by atoms with Gasteiger partial charge in [-0.3, -0.25) is 9.88 Å². The molecule has 2 rings (SSSR count). The van der Waals surface area contributed by atoms with Gasteiger partial charge in [-0.25, -0.2) is 0 Å². The molecule has 1 aromatic rings. The van der Waals surface area contributed by atoms with Crippen LogP contribution in [0.5, 0.6) is 0 Å². The Morgan fingerprint density at radius 2 is 2.41 bits per heavy atom. The number of hydrogen-bond acceptors (Lipinski definition) is 4. The van der Waals surface area contributed by atoms with E-state index in [1.165, 1.54) is 19.4 Å². The van der Waals surface area contributed by atoms with Crippen molar-refractivity contribution in [2.24, 2.45) is 0 Å². The Kier molecular flexibility index (Phi) is 4.23. The lowest BCUT2D eigenvalue weighted by Crippen LogP contribution is -2.34. The normalized spacial score (nSPS) is 20.7. The molecule has 1 aliphatic heterocycles. The first kappa shape index (κ1) is 12.6. The van der Waals surface area contributed by atoms with Crippen LogP contribution in [0.15, 0.2) is 16.9 Å². The van der Waals surface area contributed by atoms with Crippen molar-refractivity contribution in [1.29, 1.82) is 0 Å². The maximum Gasteiger partial charge on any atom is 0.0750 e. The summed E-state index contributed by atoms with van der Waals surface area (Å²) in [4.78, 5) is 6.55. The Morgan fingerprint density at radius 3 is 3.12 bits per heavy atom. The van der Waals surface area contributed by atoms with Gasteiger partial charge in [0.15, 0.2) is 0 Å². The molecule has 2 heterocycles. The first-order valence-electron chi connectivity index (χ1n) is 6.09. The number of rotatable bonds is 4. The Balaban J connectivity index is 1.98. The molecule has 4 nitrogen and oxygen atoms in total. The van der Waals surface area contributed by atoms with E-state index in [4.69, 9.17) is 5.73 Å². The predicted octanol–water partition coefficient (Wildman–Crippen LogP) is 2.32. The average Bonchev–Trinajstić information content (AvgIpc) is 2.76. The monoisotopic (exact) mass is 298 g/mol. The molecule has 1 aliphatic rings. The number of likely N-dealkylation sites (tertiary alicyclic amines) is 1. The quantitative estimate of drug-likeness (QED) is 0.896. The summed E-state index contributed by atoms with van der Waals surface area (Å²) < 4.78 is 0.929. The number of nitrogens with one attached hydrogen (secondary N) is 1. The van der Waals surface area contributed by atoms with Crippen molar-refractivity contribution in [3.05, 3.63) is 16.9 Å². The van der Waals surface area contributed by atoms with Crippen LogP contribution in [0.3, 0.4) is 0 Å². The van der Waals surface area contributed by atoms with Gasteiger partial charge in [-0.15, -0.1) is 0 Å². The zero-order valence-electron chi connectivity index (χ0n) is 10.1. The third kappa shape index (κ3) is 2.90. The molecule has 17 heavy (non-hydrogen) atoms. The summed E-state index contributed by atoms with van der Waals surface area (Å²) in [5.74, 6) is 0. The van der Waals surface area contributed by atoms with Crippen LogP contribution >= 0.6 is 15.9 Å². The van der Waals surface area contributed by atoms with Gasteiger partial charge >= 0.3 is 0 Å². The fraction of sp³-hybridized carbons (Fsp3) is 0.583. The molecule has 3 N–H and O–H groups in total. The van der Waals surface area contributed by atoms with Crippen LogP contribution in [-0.2, 0) is 0 Å². The fourth-order valence-corrected chi connectivity index (χ4v) is 2.89. The second kappa shape index (κ2) is 5.69. The second-order valence-corrected chi connectivity index (χ2v) is 5.25. The lowest BCUT2D eigenvalue weighted by molar-refractivity contribution is 0.277. The zero-order valence-corrected chi connectivity index (χ0v) is 11.7. The summed E-state index contributed by atoms with van der Waals surface area (Å²) in [6.45, 7) is 5.50. The molecule has 1 aromatic heterocycles. The van der Waals surface area contributed by atoms with Crippen LogP contribution in [0.1, 0.15) is 19.8 Å². The second-order valence-electron chi connectivity index (χ2n) is 4.39. The van der Waals surface area contributed by atoms with E-state index in [1.54, 1.807) is 12.4 Å². The number of nitrogens with zero attached hydrogens (tertiary/aromatic N) is 2. The summed E-state index contributed by atoms with van der Waals surface area (Å²) in [5.41, 5.74) is 7.56. The molecule has 1 saturated heterocycles. The van der Waals surface area contributed by atoms with Crippen LogP contribution in [0, 0.1) is 0 Å². The number of anilines is 2. The van der Waals surface area contributed by atoms with Crippen LogP contribution in [0.2, 0.25) is 0 Å². The lowest BCUT2D eigenvalue weighted by atomic mass is 10.2. The third-order valence-electron chi connectivity index (χ3n) is 3.35. The molecule has 5 heteroatoms. The molecule has 0 aromatic carbocycles. The van der Waals surface area contributed by atoms with Crippen LogP contribution in [-0.4, -0.2) is 35.6 Å². The van der Waals surface area contributed by atoms with Crippen molar-refractivity contribution in [2.75, 3.05) is 30.7 Å². The minimum Gasteiger partial charge on any atom is -0.396 e. The van der Waals surface area contributed by atoms with Crippen LogP contribution in [0.4, 0.5) is 11.4 Å². The first-order chi connectivity index (χ1) is 8.22.